The Bertz CT molecular complexity index is 678. The lowest BCUT2D eigenvalue weighted by atomic mass is 9.56. The smallest absolute Gasteiger partial charge is 0.366 e. The van der Waals surface area contributed by atoms with Gasteiger partial charge in [-0.1, -0.05) is 81.2 Å². The molecule has 5 atom stereocenters. The summed E-state index contributed by atoms with van der Waals surface area (Å²) in [6.07, 6.45) is 14.8. The minimum absolute atomic E-state index is 0.121. The molecule has 0 aromatic carbocycles. The van der Waals surface area contributed by atoms with Gasteiger partial charge in [-0.3, -0.25) is 5.32 Å². The van der Waals surface area contributed by atoms with E-state index in [1.165, 1.54) is 12.7 Å². The first-order valence-corrected chi connectivity index (χ1v) is 10.4. The van der Waals surface area contributed by atoms with Gasteiger partial charge in [0, 0.05) is 23.9 Å². The molecule has 0 aromatic rings. The SMILES string of the molecule is CCCCCC1(C(NCC(F)(F)F)OC)C2C=CC=CC2C2=CC=CCC21C. The summed E-state index contributed by atoms with van der Waals surface area (Å²) in [5.41, 5.74) is 0.640. The molecule has 0 heterocycles. The lowest BCUT2D eigenvalue weighted by molar-refractivity contribution is -0.155. The monoisotopic (exact) mass is 395 g/mol. The number of alkyl halides is 3. The molecule has 0 aliphatic heterocycles. The Morgan fingerprint density at radius 2 is 1.96 bits per heavy atom. The van der Waals surface area contributed by atoms with Crippen LogP contribution >= 0.6 is 0 Å². The van der Waals surface area contributed by atoms with Crippen molar-refractivity contribution < 1.29 is 17.9 Å². The molecule has 0 aromatic heterocycles. The highest BCUT2D eigenvalue weighted by molar-refractivity contribution is 5.44. The second kappa shape index (κ2) is 8.19. The molecule has 5 unspecified atom stereocenters. The summed E-state index contributed by atoms with van der Waals surface area (Å²) in [6.45, 7) is 3.35. The average Bonchev–Trinajstić information content (AvgIpc) is 2.88. The molecule has 5 heteroatoms. The number of hydrogen-bond acceptors (Lipinski definition) is 2. The summed E-state index contributed by atoms with van der Waals surface area (Å²) >= 11 is 0. The second-order valence-electron chi connectivity index (χ2n) is 8.52. The quantitative estimate of drug-likeness (QED) is 0.405. The van der Waals surface area contributed by atoms with E-state index in [0.29, 0.717) is 0 Å². The predicted octanol–water partition coefficient (Wildman–Crippen LogP) is 5.94. The van der Waals surface area contributed by atoms with Gasteiger partial charge in [-0.05, 0) is 18.8 Å². The number of methoxy groups -OCH3 is 1. The summed E-state index contributed by atoms with van der Waals surface area (Å²) in [4.78, 5) is 0. The fraction of sp³-hybridized carbons (Fsp3) is 0.652. The van der Waals surface area contributed by atoms with Crippen molar-refractivity contribution >= 4 is 0 Å². The van der Waals surface area contributed by atoms with E-state index in [4.69, 9.17) is 4.74 Å². The Morgan fingerprint density at radius 3 is 2.64 bits per heavy atom. The lowest BCUT2D eigenvalue weighted by Gasteiger charge is -2.52. The molecule has 0 spiro atoms. The molecule has 0 amide bonds. The maximum absolute atomic E-state index is 13.1. The highest BCUT2D eigenvalue weighted by Crippen LogP contribution is 2.69. The van der Waals surface area contributed by atoms with Crippen LogP contribution in [0, 0.1) is 22.7 Å². The normalized spacial score (nSPS) is 34.9. The summed E-state index contributed by atoms with van der Waals surface area (Å²) in [5, 5.41) is 2.75. The highest BCUT2D eigenvalue weighted by atomic mass is 19.4. The van der Waals surface area contributed by atoms with Crippen molar-refractivity contribution in [3.63, 3.8) is 0 Å². The molecular weight excluding hydrogens is 363 g/mol. The number of rotatable bonds is 8. The molecule has 2 nitrogen and oxygen atoms in total. The van der Waals surface area contributed by atoms with Gasteiger partial charge in [0.1, 0.15) is 6.23 Å². The van der Waals surface area contributed by atoms with Crippen LogP contribution in [-0.2, 0) is 4.74 Å². The third-order valence-electron chi connectivity index (χ3n) is 7.08. The van der Waals surface area contributed by atoms with Crippen LogP contribution in [0.15, 0.2) is 48.1 Å². The number of allylic oxidation sites excluding steroid dienone is 8. The number of unbranched alkanes of at least 4 members (excludes halogenated alkanes) is 2. The van der Waals surface area contributed by atoms with E-state index in [9.17, 15) is 13.2 Å². The first kappa shape index (κ1) is 21.4. The number of nitrogens with one attached hydrogen (secondary N) is 1. The van der Waals surface area contributed by atoms with Crippen molar-refractivity contribution in [2.75, 3.05) is 13.7 Å². The first-order chi connectivity index (χ1) is 13.3. The Morgan fingerprint density at radius 1 is 1.21 bits per heavy atom. The Balaban J connectivity index is 2.08. The third kappa shape index (κ3) is 3.52. The van der Waals surface area contributed by atoms with E-state index in [0.717, 1.165) is 32.1 Å². The van der Waals surface area contributed by atoms with Crippen LogP contribution in [0.25, 0.3) is 0 Å². The van der Waals surface area contributed by atoms with Gasteiger partial charge in [0.2, 0.25) is 0 Å². The maximum Gasteiger partial charge on any atom is 0.401 e. The van der Waals surface area contributed by atoms with E-state index >= 15 is 0 Å². The Hall–Kier alpha value is -1.33. The molecule has 156 valence electrons. The second-order valence-corrected chi connectivity index (χ2v) is 8.52. The minimum atomic E-state index is -4.27. The minimum Gasteiger partial charge on any atom is -0.366 e. The molecule has 1 N–H and O–H groups in total. The molecule has 28 heavy (non-hydrogen) atoms. The van der Waals surface area contributed by atoms with Crippen molar-refractivity contribution in [3.8, 4) is 0 Å². The predicted molar refractivity (Wildman–Crippen MR) is 107 cm³/mol. The van der Waals surface area contributed by atoms with Gasteiger partial charge in [-0.2, -0.15) is 13.2 Å². The Labute approximate surface area is 166 Å². The molecule has 3 rings (SSSR count). The third-order valence-corrected chi connectivity index (χ3v) is 7.08. The molecule has 0 radical (unpaired) electrons. The van der Waals surface area contributed by atoms with Gasteiger partial charge in [0.15, 0.2) is 0 Å². The van der Waals surface area contributed by atoms with Gasteiger partial charge >= 0.3 is 6.18 Å². The Kier molecular flexibility index (Phi) is 6.26. The van der Waals surface area contributed by atoms with E-state index in [-0.39, 0.29) is 17.3 Å². The van der Waals surface area contributed by atoms with E-state index < -0.39 is 24.4 Å². The number of hydrogen-bond donors (Lipinski definition) is 1. The van der Waals surface area contributed by atoms with Crippen LogP contribution in [-0.4, -0.2) is 26.1 Å². The van der Waals surface area contributed by atoms with Crippen LogP contribution in [0.5, 0.6) is 0 Å². The molecule has 3 aliphatic rings. The van der Waals surface area contributed by atoms with Crippen LogP contribution in [0.1, 0.15) is 46.0 Å². The van der Waals surface area contributed by atoms with Crippen molar-refractivity contribution in [1.29, 1.82) is 0 Å². The van der Waals surface area contributed by atoms with E-state index in [1.54, 1.807) is 0 Å². The van der Waals surface area contributed by atoms with E-state index in [2.05, 4.69) is 55.6 Å². The fourth-order valence-electron chi connectivity index (χ4n) is 5.87. The van der Waals surface area contributed by atoms with Crippen LogP contribution in [0.3, 0.4) is 0 Å². The number of fused-ring (bicyclic) bond motifs is 3. The van der Waals surface area contributed by atoms with Crippen LogP contribution < -0.4 is 5.32 Å². The van der Waals surface area contributed by atoms with Gasteiger partial charge in [0.05, 0.1) is 6.54 Å². The van der Waals surface area contributed by atoms with Gasteiger partial charge in [-0.15, -0.1) is 0 Å². The summed E-state index contributed by atoms with van der Waals surface area (Å²) in [7, 11) is 1.54. The van der Waals surface area contributed by atoms with Crippen molar-refractivity contribution in [2.45, 2.75) is 58.4 Å². The summed E-state index contributed by atoms with van der Waals surface area (Å²) in [5.74, 6) is 0.336. The number of halogens is 3. The average molecular weight is 396 g/mol. The summed E-state index contributed by atoms with van der Waals surface area (Å²) < 4.78 is 45.0. The fourth-order valence-corrected chi connectivity index (χ4v) is 5.87. The number of ether oxygens (including phenoxy) is 1. The molecule has 0 saturated heterocycles. The molecule has 1 saturated carbocycles. The van der Waals surface area contributed by atoms with Crippen LogP contribution in [0.2, 0.25) is 0 Å². The maximum atomic E-state index is 13.1. The molecule has 3 aliphatic carbocycles. The first-order valence-electron chi connectivity index (χ1n) is 10.4. The lowest BCUT2D eigenvalue weighted by Crippen LogP contribution is -2.57. The topological polar surface area (TPSA) is 21.3 Å². The zero-order valence-corrected chi connectivity index (χ0v) is 17.1. The largest absolute Gasteiger partial charge is 0.401 e. The van der Waals surface area contributed by atoms with Crippen molar-refractivity contribution in [2.24, 2.45) is 22.7 Å². The van der Waals surface area contributed by atoms with Gasteiger partial charge in [0.25, 0.3) is 0 Å². The van der Waals surface area contributed by atoms with Gasteiger partial charge < -0.3 is 4.74 Å². The molecular formula is C23H32F3NO. The van der Waals surface area contributed by atoms with Crippen LogP contribution in [0.4, 0.5) is 13.2 Å². The summed E-state index contributed by atoms with van der Waals surface area (Å²) in [6, 6.07) is 0. The molecule has 1 fully saturated rings. The zero-order chi connectivity index (χ0) is 20.4. The molecule has 0 bridgehead atoms. The van der Waals surface area contributed by atoms with Crippen molar-refractivity contribution in [3.05, 3.63) is 48.1 Å². The van der Waals surface area contributed by atoms with Crippen molar-refractivity contribution in [1.82, 2.24) is 5.32 Å². The van der Waals surface area contributed by atoms with E-state index in [1.807, 2.05) is 6.08 Å². The van der Waals surface area contributed by atoms with Gasteiger partial charge in [-0.25, -0.2) is 0 Å². The standard InChI is InChI=1S/C23H32F3NO/c1-4-5-9-15-22(20(28-3)27-16-23(24,25)26)19-13-7-6-11-17(19)18-12-8-10-14-21(18,22)2/h6-8,10-13,17,19-20,27H,4-5,9,14-16H2,1-3H3. The highest BCUT2D eigenvalue weighted by Gasteiger charge is 2.65. The zero-order valence-electron chi connectivity index (χ0n) is 17.1.